The third kappa shape index (κ3) is 3.74. The van der Waals surface area contributed by atoms with Gasteiger partial charge in [0.15, 0.2) is 5.82 Å². The summed E-state index contributed by atoms with van der Waals surface area (Å²) in [4.78, 5) is 18.4. The number of anilines is 1. The molecule has 0 aliphatic carbocycles. The van der Waals surface area contributed by atoms with Gasteiger partial charge in [-0.15, -0.1) is 0 Å². The fraction of sp³-hybridized carbons (Fsp3) is 0.333. The second-order valence-electron chi connectivity index (χ2n) is 6.11. The number of carbonyl (C=O) groups is 1. The van der Waals surface area contributed by atoms with Crippen molar-refractivity contribution < 1.29 is 9.18 Å². The van der Waals surface area contributed by atoms with Crippen LogP contribution in [0.25, 0.3) is 0 Å². The highest BCUT2D eigenvalue weighted by atomic mass is 19.1. The number of rotatable bonds is 4. The number of hydrogen-bond acceptors (Lipinski definition) is 3. The molecule has 1 amide bonds. The third-order valence-electron chi connectivity index (χ3n) is 4.30. The predicted octanol–water partition coefficient (Wildman–Crippen LogP) is 2.93. The van der Waals surface area contributed by atoms with Crippen LogP contribution in [0, 0.1) is 17.7 Å². The molecule has 1 aromatic carbocycles. The zero-order valence-electron chi connectivity index (χ0n) is 13.1. The standard InChI is InChI=1S/C18H20FN3O/c1-13-10-22(11-14-5-3-2-4-6-14)12-15(13)18(23)21-17-7-8-20-9-16(17)19/h2-9,13,15H,10-12H2,1H3,(H,20,21,23). The molecule has 4 nitrogen and oxygen atoms in total. The van der Waals surface area contributed by atoms with Crippen LogP contribution in [0.5, 0.6) is 0 Å². The molecule has 1 aromatic heterocycles. The number of benzene rings is 1. The number of carbonyl (C=O) groups excluding carboxylic acids is 1. The molecule has 2 unspecified atom stereocenters. The zero-order valence-corrected chi connectivity index (χ0v) is 13.1. The normalized spacial score (nSPS) is 21.3. The van der Waals surface area contributed by atoms with Gasteiger partial charge in [0, 0.05) is 25.8 Å². The number of amides is 1. The first-order valence-electron chi connectivity index (χ1n) is 7.80. The predicted molar refractivity (Wildman–Crippen MR) is 87.2 cm³/mol. The SMILES string of the molecule is CC1CN(Cc2ccccc2)CC1C(=O)Nc1ccncc1F. The summed E-state index contributed by atoms with van der Waals surface area (Å²) >= 11 is 0. The molecule has 0 saturated carbocycles. The molecule has 0 bridgehead atoms. The molecule has 1 N–H and O–H groups in total. The summed E-state index contributed by atoms with van der Waals surface area (Å²) in [6, 6.07) is 11.7. The van der Waals surface area contributed by atoms with Crippen LogP contribution in [0.4, 0.5) is 10.1 Å². The number of likely N-dealkylation sites (tertiary alicyclic amines) is 1. The first kappa shape index (κ1) is 15.6. The lowest BCUT2D eigenvalue weighted by Crippen LogP contribution is -2.29. The zero-order chi connectivity index (χ0) is 16.2. The van der Waals surface area contributed by atoms with E-state index in [4.69, 9.17) is 0 Å². The molecule has 1 fully saturated rings. The number of pyridine rings is 1. The van der Waals surface area contributed by atoms with Gasteiger partial charge in [-0.05, 0) is 17.5 Å². The van der Waals surface area contributed by atoms with E-state index in [0.29, 0.717) is 6.54 Å². The van der Waals surface area contributed by atoms with Crippen LogP contribution in [0.2, 0.25) is 0 Å². The molecule has 2 heterocycles. The Morgan fingerprint density at radius 2 is 2.09 bits per heavy atom. The average Bonchev–Trinajstić information content (AvgIpc) is 2.91. The van der Waals surface area contributed by atoms with Crippen molar-refractivity contribution in [2.75, 3.05) is 18.4 Å². The Morgan fingerprint density at radius 1 is 1.30 bits per heavy atom. The minimum atomic E-state index is -0.507. The summed E-state index contributed by atoms with van der Waals surface area (Å²) < 4.78 is 13.6. The van der Waals surface area contributed by atoms with Gasteiger partial charge in [0.1, 0.15) is 0 Å². The Balaban J connectivity index is 1.62. The first-order valence-corrected chi connectivity index (χ1v) is 7.80. The van der Waals surface area contributed by atoms with Crippen LogP contribution >= 0.6 is 0 Å². The molecule has 1 saturated heterocycles. The number of nitrogens with one attached hydrogen (secondary N) is 1. The van der Waals surface area contributed by atoms with Gasteiger partial charge < -0.3 is 5.32 Å². The van der Waals surface area contributed by atoms with Gasteiger partial charge in [0.05, 0.1) is 17.8 Å². The fourth-order valence-corrected chi connectivity index (χ4v) is 3.08. The molecule has 120 valence electrons. The van der Waals surface area contributed by atoms with Gasteiger partial charge >= 0.3 is 0 Å². The summed E-state index contributed by atoms with van der Waals surface area (Å²) in [5.74, 6) is -0.527. The molecular weight excluding hydrogens is 293 g/mol. The van der Waals surface area contributed by atoms with E-state index in [2.05, 4.69) is 34.3 Å². The maximum Gasteiger partial charge on any atom is 0.229 e. The molecule has 0 spiro atoms. The Labute approximate surface area is 135 Å². The molecular formula is C18H20FN3O. The number of hydrogen-bond donors (Lipinski definition) is 1. The molecule has 23 heavy (non-hydrogen) atoms. The van der Waals surface area contributed by atoms with E-state index in [1.165, 1.54) is 17.8 Å². The lowest BCUT2D eigenvalue weighted by atomic mass is 9.97. The van der Waals surface area contributed by atoms with Gasteiger partial charge in [0.2, 0.25) is 5.91 Å². The quantitative estimate of drug-likeness (QED) is 0.944. The van der Waals surface area contributed by atoms with E-state index in [0.717, 1.165) is 19.3 Å². The van der Waals surface area contributed by atoms with Crippen molar-refractivity contribution in [2.45, 2.75) is 13.5 Å². The fourth-order valence-electron chi connectivity index (χ4n) is 3.08. The van der Waals surface area contributed by atoms with Crippen molar-refractivity contribution in [3.05, 3.63) is 60.2 Å². The maximum atomic E-state index is 13.6. The Kier molecular flexibility index (Phi) is 4.67. The molecule has 5 heteroatoms. The molecule has 1 aliphatic heterocycles. The minimum Gasteiger partial charge on any atom is -0.323 e. The van der Waals surface area contributed by atoms with Gasteiger partial charge in [-0.1, -0.05) is 37.3 Å². The largest absolute Gasteiger partial charge is 0.323 e. The monoisotopic (exact) mass is 313 g/mol. The van der Waals surface area contributed by atoms with Crippen molar-refractivity contribution in [1.82, 2.24) is 9.88 Å². The Morgan fingerprint density at radius 3 is 2.83 bits per heavy atom. The molecule has 1 aliphatic rings. The maximum absolute atomic E-state index is 13.6. The van der Waals surface area contributed by atoms with E-state index in [9.17, 15) is 9.18 Å². The van der Waals surface area contributed by atoms with Gasteiger partial charge in [-0.2, -0.15) is 0 Å². The Hall–Kier alpha value is -2.27. The molecule has 2 aromatic rings. The van der Waals surface area contributed by atoms with E-state index < -0.39 is 5.82 Å². The van der Waals surface area contributed by atoms with E-state index >= 15 is 0 Å². The minimum absolute atomic E-state index is 0.127. The summed E-state index contributed by atoms with van der Waals surface area (Å²) in [6.07, 6.45) is 2.58. The van der Waals surface area contributed by atoms with Crippen molar-refractivity contribution in [1.29, 1.82) is 0 Å². The van der Waals surface area contributed by atoms with Gasteiger partial charge in [-0.25, -0.2) is 4.39 Å². The van der Waals surface area contributed by atoms with E-state index in [1.54, 1.807) is 0 Å². The van der Waals surface area contributed by atoms with Crippen LogP contribution < -0.4 is 5.32 Å². The van der Waals surface area contributed by atoms with E-state index in [1.807, 2.05) is 18.2 Å². The van der Waals surface area contributed by atoms with Crippen LogP contribution in [-0.4, -0.2) is 28.9 Å². The highest BCUT2D eigenvalue weighted by Crippen LogP contribution is 2.26. The lowest BCUT2D eigenvalue weighted by molar-refractivity contribution is -0.120. The van der Waals surface area contributed by atoms with Crippen molar-refractivity contribution in [2.24, 2.45) is 11.8 Å². The second kappa shape index (κ2) is 6.87. The smallest absolute Gasteiger partial charge is 0.229 e. The van der Waals surface area contributed by atoms with Gasteiger partial charge in [-0.3, -0.25) is 14.7 Å². The van der Waals surface area contributed by atoms with Crippen molar-refractivity contribution in [3.8, 4) is 0 Å². The molecule has 2 atom stereocenters. The number of halogens is 1. The molecule has 3 rings (SSSR count). The second-order valence-corrected chi connectivity index (χ2v) is 6.11. The highest BCUT2D eigenvalue weighted by Gasteiger charge is 2.34. The van der Waals surface area contributed by atoms with Crippen LogP contribution in [0.1, 0.15) is 12.5 Å². The summed E-state index contributed by atoms with van der Waals surface area (Å²) in [6.45, 7) is 4.46. The highest BCUT2D eigenvalue weighted by molar-refractivity contribution is 5.93. The van der Waals surface area contributed by atoms with E-state index in [-0.39, 0.29) is 23.4 Å². The number of aromatic nitrogens is 1. The Bertz CT molecular complexity index is 677. The van der Waals surface area contributed by atoms with Crippen LogP contribution in [-0.2, 0) is 11.3 Å². The summed E-state index contributed by atoms with van der Waals surface area (Å²) in [5.41, 5.74) is 1.43. The first-order chi connectivity index (χ1) is 11.1. The van der Waals surface area contributed by atoms with Crippen LogP contribution in [0.3, 0.4) is 0 Å². The average molecular weight is 313 g/mol. The summed E-state index contributed by atoms with van der Waals surface area (Å²) in [7, 11) is 0. The third-order valence-corrected chi connectivity index (χ3v) is 4.30. The molecule has 0 radical (unpaired) electrons. The number of nitrogens with zero attached hydrogens (tertiary/aromatic N) is 2. The van der Waals surface area contributed by atoms with Crippen LogP contribution in [0.15, 0.2) is 48.8 Å². The van der Waals surface area contributed by atoms with Crippen molar-refractivity contribution in [3.63, 3.8) is 0 Å². The van der Waals surface area contributed by atoms with Gasteiger partial charge in [0.25, 0.3) is 0 Å². The summed E-state index contributed by atoms with van der Waals surface area (Å²) in [5, 5.41) is 2.69. The topological polar surface area (TPSA) is 45.2 Å². The lowest BCUT2D eigenvalue weighted by Gasteiger charge is -2.16. The van der Waals surface area contributed by atoms with Crippen molar-refractivity contribution >= 4 is 11.6 Å².